The molecule has 1 rings (SSSR count). The highest BCUT2D eigenvalue weighted by atomic mass is 32.2. The molecule has 0 aliphatic rings. The Morgan fingerprint density at radius 3 is 2.56 bits per heavy atom. The van der Waals surface area contributed by atoms with Crippen molar-refractivity contribution in [2.45, 2.75) is 19.1 Å². The minimum Gasteiger partial charge on any atom is -0.449 e. The van der Waals surface area contributed by atoms with E-state index in [-0.39, 0.29) is 12.4 Å². The third-order valence-corrected chi connectivity index (χ3v) is 3.07. The molecule has 0 aliphatic heterocycles. The van der Waals surface area contributed by atoms with E-state index >= 15 is 0 Å². The van der Waals surface area contributed by atoms with Gasteiger partial charge < -0.3 is 4.74 Å². The lowest BCUT2D eigenvalue weighted by atomic mass is 10.2. The molecule has 100 valence electrons. The summed E-state index contributed by atoms with van der Waals surface area (Å²) in [5.74, 6) is -0.206. The first-order valence-electron chi connectivity index (χ1n) is 5.49. The SMILES string of the molecule is CCCOC(=O)NNS(=O)(=O)Cc1ccccc1. The molecule has 0 aromatic heterocycles. The fourth-order valence-corrected chi connectivity index (χ4v) is 2.12. The molecule has 0 radical (unpaired) electrons. The Morgan fingerprint density at radius 2 is 1.94 bits per heavy atom. The zero-order chi connectivity index (χ0) is 13.4. The second-order valence-electron chi connectivity index (χ2n) is 3.61. The van der Waals surface area contributed by atoms with Crippen molar-refractivity contribution in [1.29, 1.82) is 0 Å². The van der Waals surface area contributed by atoms with Gasteiger partial charge >= 0.3 is 6.09 Å². The molecule has 0 heterocycles. The quantitative estimate of drug-likeness (QED) is 0.761. The van der Waals surface area contributed by atoms with Crippen LogP contribution in [-0.2, 0) is 20.5 Å². The average Bonchev–Trinajstić information content (AvgIpc) is 2.35. The van der Waals surface area contributed by atoms with Crippen LogP contribution in [0.3, 0.4) is 0 Å². The molecular formula is C11H16N2O4S. The molecule has 0 saturated heterocycles. The van der Waals surface area contributed by atoms with Gasteiger partial charge in [0, 0.05) is 0 Å². The number of nitrogens with one attached hydrogen (secondary N) is 2. The van der Waals surface area contributed by atoms with E-state index in [4.69, 9.17) is 0 Å². The number of sulfonamides is 1. The molecule has 2 N–H and O–H groups in total. The van der Waals surface area contributed by atoms with E-state index < -0.39 is 16.1 Å². The summed E-state index contributed by atoms with van der Waals surface area (Å²) >= 11 is 0. The Bertz CT molecular complexity index is 473. The number of benzene rings is 1. The van der Waals surface area contributed by atoms with Gasteiger partial charge in [-0.3, -0.25) is 0 Å². The maximum Gasteiger partial charge on any atom is 0.422 e. The van der Waals surface area contributed by atoms with Crippen LogP contribution in [0.25, 0.3) is 0 Å². The van der Waals surface area contributed by atoms with Crippen LogP contribution in [-0.4, -0.2) is 21.1 Å². The zero-order valence-electron chi connectivity index (χ0n) is 10.0. The molecule has 0 aliphatic carbocycles. The second kappa shape index (κ2) is 6.97. The first-order chi connectivity index (χ1) is 8.53. The van der Waals surface area contributed by atoms with Crippen molar-refractivity contribution in [2.75, 3.05) is 6.61 Å². The maximum absolute atomic E-state index is 11.6. The Morgan fingerprint density at radius 1 is 1.28 bits per heavy atom. The van der Waals surface area contributed by atoms with Gasteiger partial charge in [0.2, 0.25) is 10.0 Å². The molecular weight excluding hydrogens is 256 g/mol. The number of hydrogen-bond donors (Lipinski definition) is 2. The number of carbonyl (C=O) groups is 1. The minimum absolute atomic E-state index is 0.206. The van der Waals surface area contributed by atoms with Gasteiger partial charge in [0.25, 0.3) is 0 Å². The number of carbonyl (C=O) groups excluding carboxylic acids is 1. The van der Waals surface area contributed by atoms with Crippen molar-refractivity contribution >= 4 is 16.1 Å². The summed E-state index contributed by atoms with van der Waals surface area (Å²) in [4.78, 5) is 13.0. The molecule has 0 bridgehead atoms. The van der Waals surface area contributed by atoms with E-state index in [0.29, 0.717) is 12.0 Å². The van der Waals surface area contributed by atoms with E-state index in [1.165, 1.54) is 0 Å². The lowest BCUT2D eigenvalue weighted by Gasteiger charge is -2.08. The van der Waals surface area contributed by atoms with Gasteiger partial charge in [-0.05, 0) is 12.0 Å². The highest BCUT2D eigenvalue weighted by Gasteiger charge is 2.12. The molecule has 0 saturated carbocycles. The number of hydrazine groups is 1. The Labute approximate surface area is 106 Å². The van der Waals surface area contributed by atoms with Crippen LogP contribution < -0.4 is 10.3 Å². The summed E-state index contributed by atoms with van der Waals surface area (Å²) in [5.41, 5.74) is 2.61. The first kappa shape index (κ1) is 14.5. The molecule has 6 nitrogen and oxygen atoms in total. The number of hydrogen-bond acceptors (Lipinski definition) is 4. The second-order valence-corrected chi connectivity index (χ2v) is 5.33. The summed E-state index contributed by atoms with van der Waals surface area (Å²) < 4.78 is 27.9. The third kappa shape index (κ3) is 5.65. The van der Waals surface area contributed by atoms with Crippen molar-refractivity contribution < 1.29 is 17.9 Å². The summed E-state index contributed by atoms with van der Waals surface area (Å²) in [7, 11) is -3.62. The fraction of sp³-hybridized carbons (Fsp3) is 0.364. The molecule has 18 heavy (non-hydrogen) atoms. The minimum atomic E-state index is -3.62. The van der Waals surface area contributed by atoms with Gasteiger partial charge in [0.15, 0.2) is 0 Å². The van der Waals surface area contributed by atoms with Gasteiger partial charge in [-0.15, -0.1) is 4.83 Å². The summed E-state index contributed by atoms with van der Waals surface area (Å²) in [6.07, 6.45) is -0.141. The van der Waals surface area contributed by atoms with Gasteiger partial charge in [-0.25, -0.2) is 18.6 Å². The van der Waals surface area contributed by atoms with E-state index in [1.807, 2.05) is 17.2 Å². The van der Waals surface area contributed by atoms with Gasteiger partial charge in [0.05, 0.1) is 12.4 Å². The number of ether oxygens (including phenoxy) is 1. The molecule has 0 spiro atoms. The molecule has 0 atom stereocenters. The van der Waals surface area contributed by atoms with E-state index in [0.717, 1.165) is 0 Å². The highest BCUT2D eigenvalue weighted by molar-refractivity contribution is 7.88. The smallest absolute Gasteiger partial charge is 0.422 e. The molecule has 0 unspecified atom stereocenters. The third-order valence-electron chi connectivity index (χ3n) is 1.95. The van der Waals surface area contributed by atoms with Crippen molar-refractivity contribution in [3.05, 3.63) is 35.9 Å². The topological polar surface area (TPSA) is 84.5 Å². The average molecular weight is 272 g/mol. The van der Waals surface area contributed by atoms with Gasteiger partial charge in [-0.2, -0.15) is 0 Å². The summed E-state index contributed by atoms with van der Waals surface area (Å²) in [6, 6.07) is 8.66. The molecule has 1 aromatic rings. The Balaban J connectivity index is 2.43. The van der Waals surface area contributed by atoms with E-state index in [2.05, 4.69) is 4.74 Å². The predicted octanol–water partition coefficient (Wildman–Crippen LogP) is 1.16. The molecule has 1 amide bonds. The predicted molar refractivity (Wildman–Crippen MR) is 67.0 cm³/mol. The molecule has 7 heteroatoms. The number of amides is 1. The van der Waals surface area contributed by atoms with Crippen LogP contribution in [0.4, 0.5) is 4.79 Å². The van der Waals surface area contributed by atoms with Crippen LogP contribution in [0.15, 0.2) is 30.3 Å². The maximum atomic E-state index is 11.6. The Kier molecular flexibility index (Phi) is 5.60. The lowest BCUT2D eigenvalue weighted by Crippen LogP contribution is -2.42. The van der Waals surface area contributed by atoms with Crippen LogP contribution in [0.2, 0.25) is 0 Å². The summed E-state index contributed by atoms with van der Waals surface area (Å²) in [5, 5.41) is 0. The van der Waals surface area contributed by atoms with Crippen molar-refractivity contribution in [2.24, 2.45) is 0 Å². The van der Waals surface area contributed by atoms with Gasteiger partial charge in [-0.1, -0.05) is 37.3 Å². The molecule has 0 fully saturated rings. The van der Waals surface area contributed by atoms with Crippen molar-refractivity contribution in [3.63, 3.8) is 0 Å². The highest BCUT2D eigenvalue weighted by Crippen LogP contribution is 2.03. The normalized spacial score (nSPS) is 10.9. The van der Waals surface area contributed by atoms with Crippen LogP contribution >= 0.6 is 0 Å². The van der Waals surface area contributed by atoms with Crippen LogP contribution in [0.5, 0.6) is 0 Å². The fourth-order valence-electron chi connectivity index (χ4n) is 1.18. The summed E-state index contributed by atoms with van der Waals surface area (Å²) in [6.45, 7) is 2.08. The molecule has 1 aromatic carbocycles. The number of rotatable bonds is 6. The van der Waals surface area contributed by atoms with Crippen LogP contribution in [0.1, 0.15) is 18.9 Å². The first-order valence-corrected chi connectivity index (χ1v) is 7.15. The monoisotopic (exact) mass is 272 g/mol. The lowest BCUT2D eigenvalue weighted by molar-refractivity contribution is 0.144. The van der Waals surface area contributed by atoms with Crippen molar-refractivity contribution in [3.8, 4) is 0 Å². The van der Waals surface area contributed by atoms with E-state index in [9.17, 15) is 13.2 Å². The van der Waals surface area contributed by atoms with Gasteiger partial charge in [0.1, 0.15) is 0 Å². The van der Waals surface area contributed by atoms with E-state index in [1.54, 1.807) is 30.3 Å². The zero-order valence-corrected chi connectivity index (χ0v) is 10.9. The standard InChI is InChI=1S/C11H16N2O4S/c1-2-8-17-11(14)12-13-18(15,16)9-10-6-4-3-5-7-10/h3-7,13H,2,8-9H2,1H3,(H,12,14). The largest absolute Gasteiger partial charge is 0.449 e. The van der Waals surface area contributed by atoms with Crippen molar-refractivity contribution in [1.82, 2.24) is 10.3 Å². The Hall–Kier alpha value is -1.60. The van der Waals surface area contributed by atoms with Crippen LogP contribution in [0, 0.1) is 0 Å².